The second kappa shape index (κ2) is 9.40. The van der Waals surface area contributed by atoms with Crippen molar-refractivity contribution in [2.24, 2.45) is 13.0 Å². The molecule has 1 aliphatic carbocycles. The van der Waals surface area contributed by atoms with E-state index in [1.54, 1.807) is 0 Å². The molecule has 1 N–H and O–H groups in total. The van der Waals surface area contributed by atoms with Crippen molar-refractivity contribution in [3.8, 4) is 0 Å². The first kappa shape index (κ1) is 19.9. The zero-order valence-corrected chi connectivity index (χ0v) is 17.2. The minimum Gasteiger partial charge on any atom is -0.338 e. The maximum absolute atomic E-state index is 12.6. The lowest BCUT2D eigenvalue weighted by atomic mass is 9.85. The van der Waals surface area contributed by atoms with Gasteiger partial charge in [0.05, 0.1) is 6.20 Å². The summed E-state index contributed by atoms with van der Waals surface area (Å²) in [5, 5.41) is 7.48. The second-order valence-electron chi connectivity index (χ2n) is 8.04. The molecular weight excluding hydrogens is 338 g/mol. The number of hydrogen-bond donors (Lipinski definition) is 1. The van der Waals surface area contributed by atoms with Gasteiger partial charge in [-0.15, -0.1) is 0 Å². The summed E-state index contributed by atoms with van der Waals surface area (Å²) >= 11 is 0. The van der Waals surface area contributed by atoms with Gasteiger partial charge in [-0.1, -0.05) is 18.6 Å². The molecule has 27 heavy (non-hydrogen) atoms. The van der Waals surface area contributed by atoms with Crippen molar-refractivity contribution >= 4 is 6.03 Å². The number of likely N-dealkylation sites (tertiary alicyclic amines) is 1. The van der Waals surface area contributed by atoms with Crippen molar-refractivity contribution < 1.29 is 4.79 Å². The number of aryl methyl sites for hydroxylation is 1. The minimum atomic E-state index is 0.0483. The molecule has 0 aromatic carbocycles. The quantitative estimate of drug-likeness (QED) is 0.746. The zero-order valence-electron chi connectivity index (χ0n) is 17.2. The molecule has 0 unspecified atom stereocenters. The van der Waals surface area contributed by atoms with Crippen LogP contribution in [0.15, 0.2) is 24.0 Å². The minimum absolute atomic E-state index is 0.0483. The van der Waals surface area contributed by atoms with Crippen LogP contribution < -0.4 is 5.32 Å². The maximum Gasteiger partial charge on any atom is 0.317 e. The van der Waals surface area contributed by atoms with E-state index in [4.69, 9.17) is 0 Å². The molecule has 1 aromatic rings. The van der Waals surface area contributed by atoms with Crippen molar-refractivity contribution in [1.29, 1.82) is 0 Å². The summed E-state index contributed by atoms with van der Waals surface area (Å²) < 4.78 is 1.88. The highest BCUT2D eigenvalue weighted by Crippen LogP contribution is 2.36. The van der Waals surface area contributed by atoms with Crippen LogP contribution in [0.4, 0.5) is 4.79 Å². The largest absolute Gasteiger partial charge is 0.338 e. The Morgan fingerprint density at radius 3 is 2.93 bits per heavy atom. The first-order chi connectivity index (χ1) is 13.1. The van der Waals surface area contributed by atoms with Gasteiger partial charge in [-0.05, 0) is 57.5 Å². The van der Waals surface area contributed by atoms with Crippen molar-refractivity contribution in [2.45, 2.75) is 51.5 Å². The number of aromatic nitrogens is 2. The van der Waals surface area contributed by atoms with Crippen LogP contribution in [-0.4, -0.2) is 58.8 Å². The normalized spacial score (nSPS) is 23.3. The fourth-order valence-corrected chi connectivity index (χ4v) is 4.64. The topological polar surface area (TPSA) is 53.4 Å². The van der Waals surface area contributed by atoms with Gasteiger partial charge >= 0.3 is 6.03 Å². The van der Waals surface area contributed by atoms with E-state index >= 15 is 0 Å². The molecule has 0 spiro atoms. The standard InChI is InChI=1S/C21H35N5O/c1-4-26-13-7-10-18(20(26)19-14-23-25(3)16-19)15-24(2)21(27)22-12-11-17-8-5-6-9-17/h8,14,16,18,20H,4-7,9-13,15H2,1-3H3,(H,22,27)/t18-,20+/m0/s1. The summed E-state index contributed by atoms with van der Waals surface area (Å²) in [6, 6.07) is 0.392. The Hall–Kier alpha value is -1.82. The van der Waals surface area contributed by atoms with Gasteiger partial charge in [-0.25, -0.2) is 4.79 Å². The molecule has 1 aliphatic heterocycles. The Bertz CT molecular complexity index is 653. The first-order valence-electron chi connectivity index (χ1n) is 10.5. The molecule has 2 heterocycles. The van der Waals surface area contributed by atoms with E-state index in [0.717, 1.165) is 39.0 Å². The van der Waals surface area contributed by atoms with Crippen molar-refractivity contribution in [3.63, 3.8) is 0 Å². The van der Waals surface area contributed by atoms with E-state index in [2.05, 4.69) is 34.5 Å². The Balaban J connectivity index is 1.56. The molecule has 150 valence electrons. The highest BCUT2D eigenvalue weighted by Gasteiger charge is 2.33. The molecule has 6 nitrogen and oxygen atoms in total. The van der Waals surface area contributed by atoms with Crippen LogP contribution >= 0.6 is 0 Å². The number of carbonyl (C=O) groups is 1. The van der Waals surface area contributed by atoms with Crippen molar-refractivity contribution in [1.82, 2.24) is 24.9 Å². The number of urea groups is 1. The molecule has 0 bridgehead atoms. The average Bonchev–Trinajstić information content (AvgIpc) is 3.33. The van der Waals surface area contributed by atoms with Gasteiger partial charge in [0.1, 0.15) is 0 Å². The number of carbonyl (C=O) groups excluding carboxylic acids is 1. The van der Waals surface area contributed by atoms with E-state index in [0.29, 0.717) is 12.0 Å². The van der Waals surface area contributed by atoms with Gasteiger partial charge in [-0.3, -0.25) is 9.58 Å². The third-order valence-corrected chi connectivity index (χ3v) is 6.05. The highest BCUT2D eigenvalue weighted by molar-refractivity contribution is 5.73. The molecule has 6 heteroatoms. The first-order valence-corrected chi connectivity index (χ1v) is 10.5. The van der Waals surface area contributed by atoms with E-state index in [-0.39, 0.29) is 6.03 Å². The molecule has 2 atom stereocenters. The number of nitrogens with zero attached hydrogens (tertiary/aromatic N) is 4. The van der Waals surface area contributed by atoms with Gasteiger partial charge < -0.3 is 10.2 Å². The van der Waals surface area contributed by atoms with Crippen molar-refractivity contribution in [2.75, 3.05) is 33.2 Å². The number of rotatable bonds is 7. The third-order valence-electron chi connectivity index (χ3n) is 6.05. The molecular formula is C21H35N5O. The van der Waals surface area contributed by atoms with Crippen LogP contribution in [0, 0.1) is 5.92 Å². The SMILES string of the molecule is CCN1CCC[C@@H](CN(C)C(=O)NCCC2=CCCC2)[C@@H]1c1cnn(C)c1. The Labute approximate surface area is 163 Å². The summed E-state index contributed by atoms with van der Waals surface area (Å²) in [7, 11) is 3.90. The van der Waals surface area contributed by atoms with Gasteiger partial charge in [0.15, 0.2) is 0 Å². The predicted molar refractivity (Wildman–Crippen MR) is 108 cm³/mol. The lowest BCUT2D eigenvalue weighted by molar-refractivity contribution is 0.0814. The lowest BCUT2D eigenvalue weighted by Gasteiger charge is -2.42. The molecule has 2 aliphatic rings. The molecule has 2 amide bonds. The highest BCUT2D eigenvalue weighted by atomic mass is 16.2. The number of nitrogens with one attached hydrogen (secondary N) is 1. The van der Waals surface area contributed by atoms with E-state index in [1.165, 1.54) is 36.8 Å². The second-order valence-corrected chi connectivity index (χ2v) is 8.04. The van der Waals surface area contributed by atoms with Crippen LogP contribution in [0.25, 0.3) is 0 Å². The molecule has 1 saturated heterocycles. The summed E-state index contributed by atoms with van der Waals surface area (Å²) in [6.45, 7) is 5.90. The predicted octanol–water partition coefficient (Wildman–Crippen LogP) is 3.33. The van der Waals surface area contributed by atoms with Gasteiger partial charge in [0.2, 0.25) is 0 Å². The average molecular weight is 374 g/mol. The number of amides is 2. The third kappa shape index (κ3) is 5.12. The van der Waals surface area contributed by atoms with Crippen molar-refractivity contribution in [3.05, 3.63) is 29.6 Å². The molecule has 0 saturated carbocycles. The summed E-state index contributed by atoms with van der Waals surface area (Å²) in [6.07, 6.45) is 13.5. The molecule has 0 radical (unpaired) electrons. The number of allylic oxidation sites excluding steroid dienone is 1. The lowest BCUT2D eigenvalue weighted by Crippen LogP contribution is -2.46. The van der Waals surface area contributed by atoms with Gasteiger partial charge in [0, 0.05) is 45.0 Å². The van der Waals surface area contributed by atoms with E-state index in [9.17, 15) is 4.79 Å². The maximum atomic E-state index is 12.6. The Morgan fingerprint density at radius 1 is 1.41 bits per heavy atom. The number of hydrogen-bond acceptors (Lipinski definition) is 3. The van der Waals surface area contributed by atoms with Crippen LogP contribution in [-0.2, 0) is 7.05 Å². The Kier molecular flexibility index (Phi) is 6.94. The number of piperidine rings is 1. The van der Waals surface area contributed by atoms with Gasteiger partial charge in [-0.2, -0.15) is 5.10 Å². The van der Waals surface area contributed by atoms with E-state index < -0.39 is 0 Å². The summed E-state index contributed by atoms with van der Waals surface area (Å²) in [5.41, 5.74) is 2.77. The molecule has 1 fully saturated rings. The monoisotopic (exact) mass is 373 g/mol. The smallest absolute Gasteiger partial charge is 0.317 e. The Morgan fingerprint density at radius 2 is 2.26 bits per heavy atom. The molecule has 3 rings (SSSR count). The van der Waals surface area contributed by atoms with E-state index in [1.807, 2.05) is 29.9 Å². The van der Waals surface area contributed by atoms with Gasteiger partial charge in [0.25, 0.3) is 0 Å². The van der Waals surface area contributed by atoms with Crippen LogP contribution in [0.3, 0.4) is 0 Å². The summed E-state index contributed by atoms with van der Waals surface area (Å²) in [5.74, 6) is 0.441. The van der Waals surface area contributed by atoms with Crippen LogP contribution in [0.5, 0.6) is 0 Å². The fraction of sp³-hybridized carbons (Fsp3) is 0.714. The van der Waals surface area contributed by atoms with Crippen LogP contribution in [0.2, 0.25) is 0 Å². The summed E-state index contributed by atoms with van der Waals surface area (Å²) in [4.78, 5) is 17.0. The zero-order chi connectivity index (χ0) is 19.2. The fourth-order valence-electron chi connectivity index (χ4n) is 4.64. The van der Waals surface area contributed by atoms with Crippen LogP contribution in [0.1, 0.15) is 57.1 Å². The molecule has 1 aromatic heterocycles.